The van der Waals surface area contributed by atoms with E-state index < -0.39 is 0 Å². The highest BCUT2D eigenvalue weighted by molar-refractivity contribution is 6.08. The molecular weight excluding hydrogens is 326 g/mol. The summed E-state index contributed by atoms with van der Waals surface area (Å²) in [7, 11) is 0. The fraction of sp³-hybridized carbons (Fsp3) is 0.0952. The third kappa shape index (κ3) is 3.95. The fourth-order valence-corrected chi connectivity index (χ4v) is 2.61. The number of amides is 2. The first-order chi connectivity index (χ1) is 12.7. The van der Waals surface area contributed by atoms with Crippen LogP contribution in [0.4, 0.5) is 11.4 Å². The fourth-order valence-electron chi connectivity index (χ4n) is 2.61. The van der Waals surface area contributed by atoms with E-state index >= 15 is 0 Å². The molecule has 1 heterocycles. The Kier molecular flexibility index (Phi) is 5.39. The van der Waals surface area contributed by atoms with Crippen molar-refractivity contribution in [1.29, 1.82) is 0 Å². The van der Waals surface area contributed by atoms with Gasteiger partial charge in [-0.1, -0.05) is 36.4 Å². The standard InChI is InChI=1S/C21H19N3O2/c1-2-24(18-11-7-4-8-12-18)21(26)16-13-14-22-19(15-16)20(25)23-17-9-5-3-6-10-17/h3-15H,2H2,1H3,(H,23,25). The lowest BCUT2D eigenvalue weighted by Gasteiger charge is -2.21. The SMILES string of the molecule is CCN(C(=O)c1ccnc(C(=O)Nc2ccccc2)c1)c1ccccc1. The predicted molar refractivity (Wildman–Crippen MR) is 102 cm³/mol. The summed E-state index contributed by atoms with van der Waals surface area (Å²) < 4.78 is 0. The molecule has 0 fully saturated rings. The summed E-state index contributed by atoms with van der Waals surface area (Å²) in [6.45, 7) is 2.44. The minimum Gasteiger partial charge on any atom is -0.321 e. The van der Waals surface area contributed by atoms with E-state index in [0.29, 0.717) is 17.8 Å². The Hall–Kier alpha value is -3.47. The molecule has 0 atom stereocenters. The van der Waals surface area contributed by atoms with Crippen molar-refractivity contribution in [2.24, 2.45) is 0 Å². The molecule has 0 saturated heterocycles. The van der Waals surface area contributed by atoms with Crippen molar-refractivity contribution >= 4 is 23.2 Å². The summed E-state index contributed by atoms with van der Waals surface area (Å²) in [6, 6.07) is 21.7. The quantitative estimate of drug-likeness (QED) is 0.760. The second kappa shape index (κ2) is 8.07. The number of para-hydroxylation sites is 2. The highest BCUT2D eigenvalue weighted by atomic mass is 16.2. The first-order valence-corrected chi connectivity index (χ1v) is 8.38. The van der Waals surface area contributed by atoms with Gasteiger partial charge < -0.3 is 10.2 Å². The number of rotatable bonds is 5. The smallest absolute Gasteiger partial charge is 0.274 e. The number of nitrogens with zero attached hydrogens (tertiary/aromatic N) is 2. The number of hydrogen-bond acceptors (Lipinski definition) is 3. The number of pyridine rings is 1. The number of anilines is 2. The van der Waals surface area contributed by atoms with Gasteiger partial charge in [0.15, 0.2) is 0 Å². The van der Waals surface area contributed by atoms with Gasteiger partial charge in [0.2, 0.25) is 0 Å². The molecule has 2 amide bonds. The third-order valence-electron chi connectivity index (χ3n) is 3.90. The summed E-state index contributed by atoms with van der Waals surface area (Å²) in [5.41, 5.74) is 2.11. The number of hydrogen-bond donors (Lipinski definition) is 1. The van der Waals surface area contributed by atoms with E-state index in [1.54, 1.807) is 23.1 Å². The van der Waals surface area contributed by atoms with Gasteiger partial charge in [0, 0.05) is 29.7 Å². The van der Waals surface area contributed by atoms with Crippen LogP contribution in [0.1, 0.15) is 27.8 Å². The van der Waals surface area contributed by atoms with Gasteiger partial charge >= 0.3 is 0 Å². The van der Waals surface area contributed by atoms with Crippen molar-refractivity contribution in [3.8, 4) is 0 Å². The summed E-state index contributed by atoms with van der Waals surface area (Å²) in [4.78, 5) is 31.0. The number of nitrogens with one attached hydrogen (secondary N) is 1. The van der Waals surface area contributed by atoms with Crippen molar-refractivity contribution in [3.63, 3.8) is 0 Å². The van der Waals surface area contributed by atoms with Crippen LogP contribution in [-0.4, -0.2) is 23.3 Å². The van der Waals surface area contributed by atoms with Gasteiger partial charge in [-0.05, 0) is 43.3 Å². The minimum absolute atomic E-state index is 0.171. The molecule has 5 heteroatoms. The zero-order chi connectivity index (χ0) is 18.4. The first kappa shape index (κ1) is 17.4. The zero-order valence-corrected chi connectivity index (χ0v) is 14.4. The summed E-state index contributed by atoms with van der Waals surface area (Å²) in [5, 5.41) is 2.77. The van der Waals surface area contributed by atoms with Gasteiger partial charge in [0.1, 0.15) is 5.69 Å². The monoisotopic (exact) mass is 345 g/mol. The lowest BCUT2D eigenvalue weighted by atomic mass is 10.1. The molecule has 0 unspecified atom stereocenters. The molecule has 3 aromatic rings. The van der Waals surface area contributed by atoms with Crippen LogP contribution in [0.2, 0.25) is 0 Å². The highest BCUT2D eigenvalue weighted by Crippen LogP contribution is 2.17. The number of carbonyl (C=O) groups excluding carboxylic acids is 2. The van der Waals surface area contributed by atoms with E-state index in [-0.39, 0.29) is 17.5 Å². The average molecular weight is 345 g/mol. The molecule has 2 aromatic carbocycles. The normalized spacial score (nSPS) is 10.2. The number of benzene rings is 2. The average Bonchev–Trinajstić information content (AvgIpc) is 2.70. The van der Waals surface area contributed by atoms with Crippen molar-refractivity contribution in [1.82, 2.24) is 4.98 Å². The van der Waals surface area contributed by atoms with Crippen LogP contribution in [-0.2, 0) is 0 Å². The van der Waals surface area contributed by atoms with Crippen LogP contribution >= 0.6 is 0 Å². The third-order valence-corrected chi connectivity index (χ3v) is 3.90. The first-order valence-electron chi connectivity index (χ1n) is 8.38. The molecule has 26 heavy (non-hydrogen) atoms. The molecule has 0 aliphatic heterocycles. The molecular formula is C21H19N3O2. The number of aromatic nitrogens is 1. The van der Waals surface area contributed by atoms with E-state index in [9.17, 15) is 9.59 Å². The Balaban J connectivity index is 1.82. The zero-order valence-electron chi connectivity index (χ0n) is 14.4. The van der Waals surface area contributed by atoms with E-state index in [0.717, 1.165) is 5.69 Å². The molecule has 0 aliphatic carbocycles. The minimum atomic E-state index is -0.353. The Bertz CT molecular complexity index is 895. The molecule has 0 aliphatic rings. The van der Waals surface area contributed by atoms with Gasteiger partial charge in [0.05, 0.1) is 0 Å². The van der Waals surface area contributed by atoms with E-state index in [4.69, 9.17) is 0 Å². The van der Waals surface area contributed by atoms with Gasteiger partial charge in [-0.2, -0.15) is 0 Å². The second-order valence-electron chi connectivity index (χ2n) is 5.63. The van der Waals surface area contributed by atoms with E-state index in [1.807, 2.05) is 55.5 Å². The van der Waals surface area contributed by atoms with Crippen molar-refractivity contribution in [3.05, 3.63) is 90.3 Å². The van der Waals surface area contributed by atoms with Crippen LogP contribution in [0.5, 0.6) is 0 Å². The van der Waals surface area contributed by atoms with Crippen molar-refractivity contribution in [2.75, 3.05) is 16.8 Å². The van der Waals surface area contributed by atoms with Crippen molar-refractivity contribution < 1.29 is 9.59 Å². The molecule has 130 valence electrons. The maximum absolute atomic E-state index is 12.9. The second-order valence-corrected chi connectivity index (χ2v) is 5.63. The molecule has 1 aromatic heterocycles. The van der Waals surface area contributed by atoms with Crippen LogP contribution in [0.15, 0.2) is 79.0 Å². The Morgan fingerprint density at radius 1 is 0.962 bits per heavy atom. The van der Waals surface area contributed by atoms with Crippen LogP contribution in [0.3, 0.4) is 0 Å². The Labute approximate surface area is 152 Å². The summed E-state index contributed by atoms with van der Waals surface area (Å²) >= 11 is 0. The molecule has 0 radical (unpaired) electrons. The maximum Gasteiger partial charge on any atom is 0.274 e. The van der Waals surface area contributed by atoms with E-state index in [1.165, 1.54) is 12.3 Å². The molecule has 0 bridgehead atoms. The van der Waals surface area contributed by atoms with E-state index in [2.05, 4.69) is 10.3 Å². The lowest BCUT2D eigenvalue weighted by molar-refractivity contribution is 0.0988. The molecule has 5 nitrogen and oxygen atoms in total. The Morgan fingerprint density at radius 3 is 2.27 bits per heavy atom. The topological polar surface area (TPSA) is 62.3 Å². The van der Waals surface area contributed by atoms with Crippen LogP contribution in [0.25, 0.3) is 0 Å². The van der Waals surface area contributed by atoms with Crippen LogP contribution in [0, 0.1) is 0 Å². The van der Waals surface area contributed by atoms with Gasteiger partial charge in [-0.25, -0.2) is 0 Å². The molecule has 0 spiro atoms. The predicted octanol–water partition coefficient (Wildman–Crippen LogP) is 4.00. The molecule has 0 saturated carbocycles. The molecule has 1 N–H and O–H groups in total. The lowest BCUT2D eigenvalue weighted by Crippen LogP contribution is -2.30. The number of carbonyl (C=O) groups is 2. The van der Waals surface area contributed by atoms with Crippen LogP contribution < -0.4 is 10.2 Å². The Morgan fingerprint density at radius 2 is 1.62 bits per heavy atom. The van der Waals surface area contributed by atoms with Gasteiger partial charge in [0.25, 0.3) is 11.8 Å². The van der Waals surface area contributed by atoms with Gasteiger partial charge in [-0.3, -0.25) is 14.6 Å². The summed E-state index contributed by atoms with van der Waals surface area (Å²) in [6.07, 6.45) is 1.48. The largest absolute Gasteiger partial charge is 0.321 e. The highest BCUT2D eigenvalue weighted by Gasteiger charge is 2.18. The van der Waals surface area contributed by atoms with Crippen molar-refractivity contribution in [2.45, 2.75) is 6.92 Å². The summed E-state index contributed by atoms with van der Waals surface area (Å²) in [5.74, 6) is -0.525. The molecule has 3 rings (SSSR count). The maximum atomic E-state index is 12.9. The van der Waals surface area contributed by atoms with Gasteiger partial charge in [-0.15, -0.1) is 0 Å².